The summed E-state index contributed by atoms with van der Waals surface area (Å²) >= 11 is 38.4. The Kier molecular flexibility index (Phi) is 19.7. The van der Waals surface area contributed by atoms with Gasteiger partial charge in [0.15, 0.2) is 48.6 Å². The van der Waals surface area contributed by atoms with Crippen molar-refractivity contribution in [3.8, 4) is 33.9 Å². The molecular formula is C65H52Cl6F4N14O10. The van der Waals surface area contributed by atoms with E-state index in [0.717, 1.165) is 24.3 Å². The number of nitrogens with one attached hydrogen (secondary N) is 2. The van der Waals surface area contributed by atoms with Crippen LogP contribution in [0, 0.1) is 37.1 Å². The number of aryl methyl sites for hydroxylation is 2. The molecule has 2 N–H and O–H groups in total. The van der Waals surface area contributed by atoms with E-state index < -0.39 is 119 Å². The van der Waals surface area contributed by atoms with Crippen LogP contribution in [0.5, 0.6) is 0 Å². The lowest BCUT2D eigenvalue weighted by Gasteiger charge is -2.48. The van der Waals surface area contributed by atoms with Gasteiger partial charge in [-0.05, 0) is 80.9 Å². The van der Waals surface area contributed by atoms with Crippen molar-refractivity contribution in [1.82, 2.24) is 70.2 Å². The minimum absolute atomic E-state index is 0.00713. The number of benzene rings is 6. The number of fused-ring (bicyclic) bond motifs is 2. The van der Waals surface area contributed by atoms with Gasteiger partial charge in [0.2, 0.25) is 0 Å². The number of halogens is 10. The molecule has 99 heavy (non-hydrogen) atoms. The highest BCUT2D eigenvalue weighted by molar-refractivity contribution is 6.35. The summed E-state index contributed by atoms with van der Waals surface area (Å²) in [7, 11) is 0. The van der Waals surface area contributed by atoms with Crippen LogP contribution in [0.1, 0.15) is 77.7 Å². The first kappa shape index (κ1) is 67.8. The van der Waals surface area contributed by atoms with Gasteiger partial charge in [0.05, 0.1) is 47.0 Å². The quantitative estimate of drug-likeness (QED) is 0.0518. The van der Waals surface area contributed by atoms with Crippen molar-refractivity contribution in [2.45, 2.75) is 93.8 Å². The molecule has 0 aliphatic carbocycles. The van der Waals surface area contributed by atoms with Crippen LogP contribution in [-0.4, -0.2) is 135 Å². The number of ether oxygens (including phenoxy) is 8. The molecule has 0 radical (unpaired) electrons. The minimum Gasteiger partial charge on any atom is -0.441 e. The normalized spacial score (nSPS) is 23.6. The Hall–Kier alpha value is -8.36. The maximum absolute atomic E-state index is 15.0. The van der Waals surface area contributed by atoms with E-state index in [1.165, 1.54) is 31.1 Å². The van der Waals surface area contributed by atoms with Gasteiger partial charge < -0.3 is 48.5 Å². The van der Waals surface area contributed by atoms with Crippen LogP contribution >= 0.6 is 69.6 Å². The van der Waals surface area contributed by atoms with Crippen LogP contribution in [0.3, 0.4) is 0 Å². The number of carbonyl (C=O) groups is 2. The number of aromatic nitrogens is 12. The Morgan fingerprint density at radius 1 is 0.535 bits per heavy atom. The second kappa shape index (κ2) is 28.7. The molecule has 34 heteroatoms. The zero-order valence-electron chi connectivity index (χ0n) is 51.4. The van der Waals surface area contributed by atoms with Gasteiger partial charge in [-0.2, -0.15) is 10.2 Å². The standard InChI is InChI=1S/C65H52Cl6F4N14O10/c1-30-78-60(88(82-30)46-24-36(66)14-16-38(46)68)58-56(52(54-48(94-58)28-92-62(96-54)32-10-5-3-6-11-32)86-26-44(80-84-86)34-20-40(72)50(70)41(73)21-34)98-64(90)76-18-9-19-77-65(91)99-57-53(87-27-45(81-85-87)35-22-42(74)51(71)43(75)23-35)55-49(29-93-63(97-55)33-12-7-4-8-13-33)95-59(57)61-79-31(2)83-89(61)47-25-37(67)15-17-39(47)69/h3-8,10-17,20-27,48-49,52-59,62-63H,9,18-19,28-29H2,1-2H3,(H,76,90)(H,77,91). The summed E-state index contributed by atoms with van der Waals surface area (Å²) in [6, 6.07) is 29.2. The summed E-state index contributed by atoms with van der Waals surface area (Å²) in [6.45, 7) is 2.83. The van der Waals surface area contributed by atoms with E-state index in [-0.39, 0.29) is 88.6 Å². The molecule has 0 bridgehead atoms. The van der Waals surface area contributed by atoms with Crippen LogP contribution < -0.4 is 10.6 Å². The third kappa shape index (κ3) is 14.0. The zero-order valence-corrected chi connectivity index (χ0v) is 55.9. The lowest BCUT2D eigenvalue weighted by Crippen LogP contribution is -2.58. The smallest absolute Gasteiger partial charge is 0.407 e. The Morgan fingerprint density at radius 3 is 1.32 bits per heavy atom. The molecule has 512 valence electrons. The van der Waals surface area contributed by atoms with Crippen molar-refractivity contribution in [2.24, 2.45) is 0 Å². The topological polar surface area (TPSA) is 255 Å². The summed E-state index contributed by atoms with van der Waals surface area (Å²) in [5, 5.41) is 32.0. The van der Waals surface area contributed by atoms with Gasteiger partial charge in [-0.1, -0.05) is 141 Å². The molecule has 4 saturated heterocycles. The Balaban J connectivity index is 0.761. The second-order valence-electron chi connectivity index (χ2n) is 23.2. The van der Waals surface area contributed by atoms with Gasteiger partial charge in [0.25, 0.3) is 0 Å². The van der Waals surface area contributed by atoms with Gasteiger partial charge in [-0.3, -0.25) is 0 Å². The first-order chi connectivity index (χ1) is 47.8. The number of hydrogen-bond acceptors (Lipinski definition) is 18. The summed E-state index contributed by atoms with van der Waals surface area (Å²) in [4.78, 5) is 38.8. The molecule has 12 atom stereocenters. The lowest BCUT2D eigenvalue weighted by atomic mass is 9.90. The molecule has 2 amide bonds. The maximum Gasteiger partial charge on any atom is 0.407 e. The predicted molar refractivity (Wildman–Crippen MR) is 347 cm³/mol. The molecule has 4 aliphatic heterocycles. The molecule has 4 fully saturated rings. The van der Waals surface area contributed by atoms with Crippen LogP contribution in [0.25, 0.3) is 33.9 Å². The fourth-order valence-electron chi connectivity index (χ4n) is 12.2. The summed E-state index contributed by atoms with van der Waals surface area (Å²) in [5.74, 6) is -3.49. The van der Waals surface area contributed by atoms with E-state index >= 15 is 17.6 Å². The molecule has 24 nitrogen and oxygen atoms in total. The highest BCUT2D eigenvalue weighted by atomic mass is 35.5. The van der Waals surface area contributed by atoms with Crippen molar-refractivity contribution in [2.75, 3.05) is 26.3 Å². The maximum atomic E-state index is 15.0. The van der Waals surface area contributed by atoms with E-state index in [0.29, 0.717) is 32.5 Å². The highest BCUT2D eigenvalue weighted by Gasteiger charge is 2.57. The number of nitrogens with zero attached hydrogens (tertiary/aromatic N) is 12. The third-order valence-electron chi connectivity index (χ3n) is 16.7. The first-order valence-corrected chi connectivity index (χ1v) is 32.8. The van der Waals surface area contributed by atoms with Gasteiger partial charge in [0.1, 0.15) is 92.9 Å². The van der Waals surface area contributed by atoms with Crippen molar-refractivity contribution in [3.63, 3.8) is 0 Å². The van der Waals surface area contributed by atoms with Crippen LogP contribution in [0.4, 0.5) is 27.2 Å². The van der Waals surface area contributed by atoms with Gasteiger partial charge in [0, 0.05) is 45.4 Å². The van der Waals surface area contributed by atoms with Crippen molar-refractivity contribution in [1.29, 1.82) is 0 Å². The van der Waals surface area contributed by atoms with E-state index in [9.17, 15) is 9.59 Å². The summed E-state index contributed by atoms with van der Waals surface area (Å²) < 4.78 is 118. The average Bonchev–Trinajstić information content (AvgIpc) is 1.73. The molecule has 12 unspecified atom stereocenters. The molecule has 0 spiro atoms. The van der Waals surface area contributed by atoms with E-state index in [4.69, 9.17) is 117 Å². The fraction of sp³-hybridized carbons (Fsp3) is 0.292. The van der Waals surface area contributed by atoms with Crippen LogP contribution in [-0.2, 0) is 37.9 Å². The lowest BCUT2D eigenvalue weighted by molar-refractivity contribution is -0.318. The first-order valence-electron chi connectivity index (χ1n) is 30.6. The Bertz CT molecular complexity index is 4330. The van der Waals surface area contributed by atoms with Crippen LogP contribution in [0.15, 0.2) is 134 Å². The molecule has 6 aromatic carbocycles. The highest BCUT2D eigenvalue weighted by Crippen LogP contribution is 2.49. The minimum atomic E-state index is -1.47. The fourth-order valence-corrected chi connectivity index (χ4v) is 13.2. The molecule has 0 saturated carbocycles. The van der Waals surface area contributed by atoms with E-state index in [1.54, 1.807) is 98.8 Å². The zero-order chi connectivity index (χ0) is 68.9. The van der Waals surface area contributed by atoms with Crippen LogP contribution in [0.2, 0.25) is 30.1 Å². The summed E-state index contributed by atoms with van der Waals surface area (Å²) in [6.07, 6.45) is -10.7. The van der Waals surface area contributed by atoms with Gasteiger partial charge in [-0.25, -0.2) is 55.8 Å². The van der Waals surface area contributed by atoms with Gasteiger partial charge >= 0.3 is 12.2 Å². The van der Waals surface area contributed by atoms with E-state index in [1.807, 2.05) is 12.1 Å². The number of alkyl carbamates (subject to hydrolysis) is 2. The Labute approximate surface area is 589 Å². The monoisotopic (exact) mass is 1470 g/mol. The predicted octanol–water partition coefficient (Wildman–Crippen LogP) is 13.3. The van der Waals surface area contributed by atoms with Crippen molar-refractivity contribution >= 4 is 81.8 Å². The molecule has 4 aromatic heterocycles. The van der Waals surface area contributed by atoms with Crippen molar-refractivity contribution < 1.29 is 65.0 Å². The van der Waals surface area contributed by atoms with Gasteiger partial charge in [-0.15, -0.1) is 10.2 Å². The number of hydrogen-bond donors (Lipinski definition) is 2. The number of carbonyl (C=O) groups excluding carboxylic acids is 2. The molecule has 10 aromatic rings. The SMILES string of the molecule is Cc1nc(C2OC3COC(c4ccccc4)OC3C(n3cc(-c4cc(F)c(Cl)c(F)c4)nn3)C2OC(=O)NCCCNC(=O)OC2C(c3nc(C)nn3-c3cc(Cl)ccc3Cl)OC3COC(c4ccccc4)OC3C2n2cc(-c3cc(F)c(Cl)c(F)c3)nn2)n(-c2cc(Cl)ccc2Cl)n1. The molecule has 4 aliphatic rings. The number of amides is 2. The van der Waals surface area contributed by atoms with E-state index in [2.05, 4.69) is 41.5 Å². The molecule has 8 heterocycles. The molecular weight excluding hydrogens is 1430 g/mol. The van der Waals surface area contributed by atoms with Crippen molar-refractivity contribution in [3.05, 3.63) is 222 Å². The second-order valence-corrected chi connectivity index (χ2v) is 25.6. The Morgan fingerprint density at radius 2 is 0.929 bits per heavy atom. The number of rotatable bonds is 16. The average molecular weight is 1480 g/mol. The third-order valence-corrected chi connectivity index (χ3v) is 18.5. The largest absolute Gasteiger partial charge is 0.441 e. The summed E-state index contributed by atoms with van der Waals surface area (Å²) in [5.41, 5.74) is 1.85. The molecule has 14 rings (SSSR count).